The van der Waals surface area contributed by atoms with E-state index in [1.54, 1.807) is 12.4 Å². The van der Waals surface area contributed by atoms with Crippen LogP contribution in [0.25, 0.3) is 5.95 Å². The van der Waals surface area contributed by atoms with E-state index >= 15 is 0 Å². The van der Waals surface area contributed by atoms with Crippen LogP contribution >= 0.6 is 0 Å². The van der Waals surface area contributed by atoms with Crippen molar-refractivity contribution < 1.29 is 13.2 Å². The summed E-state index contributed by atoms with van der Waals surface area (Å²) >= 11 is 0. The Labute approximate surface area is 107 Å². The van der Waals surface area contributed by atoms with Crippen LogP contribution in [0.4, 0.5) is 13.2 Å². The fourth-order valence-corrected chi connectivity index (χ4v) is 1.41. The van der Waals surface area contributed by atoms with Crippen LogP contribution in [0.15, 0.2) is 24.7 Å². The van der Waals surface area contributed by atoms with Crippen LogP contribution in [0.2, 0.25) is 0 Å². The third kappa shape index (κ3) is 3.28. The molecule has 5 nitrogen and oxygen atoms in total. The maximum Gasteiger partial charge on any atom is 0.435 e. The molecule has 0 atom stereocenters. The second kappa shape index (κ2) is 5.35. The van der Waals surface area contributed by atoms with Gasteiger partial charge in [-0.15, -0.1) is 0 Å². The zero-order chi connectivity index (χ0) is 13.9. The first kappa shape index (κ1) is 13.5. The highest BCUT2D eigenvalue weighted by Gasteiger charge is 2.33. The lowest BCUT2D eigenvalue weighted by molar-refractivity contribution is -0.141. The topological polar surface area (TPSA) is 55.6 Å². The molecule has 0 saturated carbocycles. The maximum atomic E-state index is 12.4. The van der Waals surface area contributed by atoms with E-state index in [-0.39, 0.29) is 5.95 Å². The summed E-state index contributed by atoms with van der Waals surface area (Å²) in [5, 5.41) is 6.49. The van der Waals surface area contributed by atoms with Crippen LogP contribution < -0.4 is 5.32 Å². The van der Waals surface area contributed by atoms with Crippen molar-refractivity contribution >= 4 is 0 Å². The van der Waals surface area contributed by atoms with Gasteiger partial charge in [0.05, 0.1) is 0 Å². The van der Waals surface area contributed by atoms with E-state index in [1.165, 1.54) is 6.20 Å². The molecule has 102 valence electrons. The molecular formula is C11H12F3N5. The van der Waals surface area contributed by atoms with Gasteiger partial charge in [-0.25, -0.2) is 14.6 Å². The molecule has 8 heteroatoms. The predicted octanol–water partition coefficient (Wildman–Crippen LogP) is 1.79. The van der Waals surface area contributed by atoms with E-state index in [1.807, 2.05) is 6.92 Å². The van der Waals surface area contributed by atoms with E-state index in [2.05, 4.69) is 20.4 Å². The fourth-order valence-electron chi connectivity index (χ4n) is 1.41. The van der Waals surface area contributed by atoms with Crippen molar-refractivity contribution in [2.24, 2.45) is 0 Å². The van der Waals surface area contributed by atoms with Crippen LogP contribution in [0.3, 0.4) is 0 Å². The monoisotopic (exact) mass is 271 g/mol. The Morgan fingerprint density at radius 2 is 1.95 bits per heavy atom. The molecule has 0 spiro atoms. The van der Waals surface area contributed by atoms with Crippen molar-refractivity contribution in [3.8, 4) is 5.95 Å². The Bertz CT molecular complexity index is 532. The lowest BCUT2D eigenvalue weighted by Gasteiger charge is -2.03. The Hall–Kier alpha value is -1.96. The summed E-state index contributed by atoms with van der Waals surface area (Å²) in [5.74, 6) is 0.107. The van der Waals surface area contributed by atoms with Crippen molar-refractivity contribution in [1.29, 1.82) is 0 Å². The molecule has 0 saturated heterocycles. The molecule has 19 heavy (non-hydrogen) atoms. The predicted molar refractivity (Wildman–Crippen MR) is 61.5 cm³/mol. The van der Waals surface area contributed by atoms with Gasteiger partial charge in [0.15, 0.2) is 5.69 Å². The fraction of sp³-hybridized carbons (Fsp3) is 0.364. The highest BCUT2D eigenvalue weighted by atomic mass is 19.4. The smallest absolute Gasteiger partial charge is 0.313 e. The number of aromatic nitrogens is 4. The van der Waals surface area contributed by atoms with Gasteiger partial charge >= 0.3 is 6.18 Å². The highest BCUT2D eigenvalue weighted by Crippen LogP contribution is 2.27. The molecule has 0 amide bonds. The van der Waals surface area contributed by atoms with E-state index in [9.17, 15) is 13.2 Å². The van der Waals surface area contributed by atoms with Gasteiger partial charge in [0.2, 0.25) is 5.95 Å². The number of alkyl halides is 3. The average molecular weight is 271 g/mol. The minimum absolute atomic E-state index is 0.107. The van der Waals surface area contributed by atoms with Gasteiger partial charge in [0.1, 0.15) is 0 Å². The molecule has 0 unspecified atom stereocenters. The zero-order valence-electron chi connectivity index (χ0n) is 10.1. The van der Waals surface area contributed by atoms with Crippen LogP contribution in [0.5, 0.6) is 0 Å². The minimum Gasteiger partial charge on any atom is -0.313 e. The summed E-state index contributed by atoms with van der Waals surface area (Å²) in [6.45, 7) is 3.40. The summed E-state index contributed by atoms with van der Waals surface area (Å²) in [5.41, 5.74) is -0.110. The first-order chi connectivity index (χ1) is 9.00. The number of halogens is 3. The molecule has 2 heterocycles. The van der Waals surface area contributed by atoms with Crippen LogP contribution in [0.1, 0.15) is 18.2 Å². The molecular weight excluding hydrogens is 259 g/mol. The Balaban J connectivity index is 2.16. The van der Waals surface area contributed by atoms with Gasteiger partial charge in [-0.3, -0.25) is 0 Å². The molecule has 0 aliphatic heterocycles. The van der Waals surface area contributed by atoms with Gasteiger partial charge < -0.3 is 5.32 Å². The number of rotatable bonds is 4. The Morgan fingerprint density at radius 3 is 2.47 bits per heavy atom. The Morgan fingerprint density at radius 1 is 1.26 bits per heavy atom. The molecule has 0 fully saturated rings. The minimum atomic E-state index is -4.46. The summed E-state index contributed by atoms with van der Waals surface area (Å²) in [7, 11) is 0. The van der Waals surface area contributed by atoms with E-state index in [4.69, 9.17) is 0 Å². The third-order valence-electron chi connectivity index (χ3n) is 2.36. The second-order valence-corrected chi connectivity index (χ2v) is 3.81. The van der Waals surface area contributed by atoms with E-state index < -0.39 is 11.9 Å². The average Bonchev–Trinajstić information content (AvgIpc) is 2.86. The summed E-state index contributed by atoms with van der Waals surface area (Å²) in [6, 6.07) is 0.885. The van der Waals surface area contributed by atoms with Crippen molar-refractivity contribution in [2.75, 3.05) is 6.54 Å². The van der Waals surface area contributed by atoms with Gasteiger partial charge in [-0.1, -0.05) is 6.92 Å². The quantitative estimate of drug-likeness (QED) is 0.921. The number of hydrogen-bond donors (Lipinski definition) is 1. The summed E-state index contributed by atoms with van der Waals surface area (Å²) in [6.07, 6.45) is -0.168. The zero-order valence-corrected chi connectivity index (χ0v) is 10.1. The first-order valence-corrected chi connectivity index (χ1v) is 5.65. The van der Waals surface area contributed by atoms with Crippen LogP contribution in [0, 0.1) is 0 Å². The molecule has 1 N–H and O–H groups in total. The molecule has 0 aliphatic carbocycles. The number of nitrogens with one attached hydrogen (secondary N) is 1. The summed E-state index contributed by atoms with van der Waals surface area (Å²) in [4.78, 5) is 7.96. The van der Waals surface area contributed by atoms with Gasteiger partial charge in [0.25, 0.3) is 0 Å². The lowest BCUT2D eigenvalue weighted by Crippen LogP contribution is -2.13. The molecule has 2 aromatic heterocycles. The summed E-state index contributed by atoms with van der Waals surface area (Å²) < 4.78 is 38.2. The van der Waals surface area contributed by atoms with Crippen LogP contribution in [-0.2, 0) is 12.7 Å². The molecule has 0 bridgehead atoms. The van der Waals surface area contributed by atoms with Crippen LogP contribution in [-0.4, -0.2) is 26.3 Å². The second-order valence-electron chi connectivity index (χ2n) is 3.81. The number of nitrogens with zero attached hydrogens (tertiary/aromatic N) is 4. The van der Waals surface area contributed by atoms with Gasteiger partial charge in [-0.2, -0.15) is 18.3 Å². The van der Waals surface area contributed by atoms with Gasteiger partial charge in [-0.05, 0) is 12.6 Å². The SMILES string of the molecule is CCNCc1cnc(-n2ccc(C(F)(F)F)n2)nc1. The first-order valence-electron chi connectivity index (χ1n) is 5.65. The lowest BCUT2D eigenvalue weighted by atomic mass is 10.3. The van der Waals surface area contributed by atoms with Crippen molar-refractivity contribution in [1.82, 2.24) is 25.1 Å². The molecule has 2 aromatic rings. The molecule has 2 rings (SSSR count). The third-order valence-corrected chi connectivity index (χ3v) is 2.36. The van der Waals surface area contributed by atoms with Gasteiger partial charge in [0, 0.05) is 30.7 Å². The van der Waals surface area contributed by atoms with Crippen molar-refractivity contribution in [3.05, 3.63) is 35.9 Å². The largest absolute Gasteiger partial charge is 0.435 e. The normalized spacial score (nSPS) is 11.8. The van der Waals surface area contributed by atoms with E-state index in [0.29, 0.717) is 6.54 Å². The molecule has 0 aromatic carbocycles. The van der Waals surface area contributed by atoms with E-state index in [0.717, 1.165) is 22.9 Å². The standard InChI is InChI=1S/C11H12F3N5/c1-2-15-5-8-6-16-10(17-7-8)19-4-3-9(18-19)11(12,13)14/h3-4,6-7,15H,2,5H2,1H3. The molecule has 0 aliphatic rings. The highest BCUT2D eigenvalue weighted by molar-refractivity contribution is 5.16. The van der Waals surface area contributed by atoms with Crippen molar-refractivity contribution in [3.63, 3.8) is 0 Å². The Kier molecular flexibility index (Phi) is 3.79. The van der Waals surface area contributed by atoms with Crippen molar-refractivity contribution in [2.45, 2.75) is 19.6 Å². The maximum absolute atomic E-state index is 12.4. The number of hydrogen-bond acceptors (Lipinski definition) is 4. The molecule has 0 radical (unpaired) electrons.